The van der Waals surface area contributed by atoms with Crippen LogP contribution in [0.15, 0.2) is 98.9 Å². The Morgan fingerprint density at radius 1 is 0.667 bits per heavy atom. The van der Waals surface area contributed by atoms with E-state index in [1.54, 1.807) is 68.4 Å². The van der Waals surface area contributed by atoms with Crippen LogP contribution in [0.4, 0.5) is 23.3 Å². The number of nitrogens with one attached hydrogen (secondary N) is 3. The molecule has 1 aromatic heterocycles. The highest BCUT2D eigenvalue weighted by Crippen LogP contribution is 2.21. The zero-order valence-electron chi connectivity index (χ0n) is 23.1. The third kappa shape index (κ3) is 8.35. The van der Waals surface area contributed by atoms with Gasteiger partial charge in [-0.15, -0.1) is 0 Å². The van der Waals surface area contributed by atoms with Crippen LogP contribution in [0.5, 0.6) is 0 Å². The number of anilines is 4. The third-order valence-corrected chi connectivity index (χ3v) is 8.41. The highest BCUT2D eigenvalue weighted by atomic mass is 35.5. The monoisotopic (exact) mass is 625 g/mol. The summed E-state index contributed by atoms with van der Waals surface area (Å²) < 4.78 is 47.0. The lowest BCUT2D eigenvalue weighted by molar-refractivity contribution is 0.600. The number of hydrazone groups is 2. The summed E-state index contributed by atoms with van der Waals surface area (Å²) in [5.74, 6) is 0.948. The Kier molecular flexibility index (Phi) is 9.24. The van der Waals surface area contributed by atoms with Gasteiger partial charge in [-0.2, -0.15) is 20.2 Å². The molecule has 0 saturated carbocycles. The number of nitrogens with zero attached hydrogens (tertiary/aromatic N) is 4. The van der Waals surface area contributed by atoms with Gasteiger partial charge in [0, 0.05) is 29.3 Å². The maximum Gasteiger partial charge on any atom is 0.231 e. The van der Waals surface area contributed by atoms with Crippen molar-refractivity contribution in [2.45, 2.75) is 23.6 Å². The first-order valence-electron chi connectivity index (χ1n) is 12.4. The van der Waals surface area contributed by atoms with Crippen LogP contribution < -0.4 is 16.2 Å². The number of hydrogen-bond acceptors (Lipinski definition) is 11. The number of hydrogen-bond donors (Lipinski definition) is 3. The van der Waals surface area contributed by atoms with Crippen LogP contribution >= 0.6 is 11.6 Å². The lowest BCUT2D eigenvalue weighted by atomic mass is 10.1. The second-order valence-corrected chi connectivity index (χ2v) is 13.8. The summed E-state index contributed by atoms with van der Waals surface area (Å²) in [7, 11) is -6.61. The Morgan fingerprint density at radius 2 is 1.07 bits per heavy atom. The summed E-state index contributed by atoms with van der Waals surface area (Å²) in [5.41, 5.74) is 9.19. The summed E-state index contributed by atoms with van der Waals surface area (Å²) in [6.07, 6.45) is 2.31. The SMILES string of the molecule is CC(=NNc1cc(NN=C(C)c2ccc(S(C)(=O)=O)cc2)nc(Nc2ccc(Cl)cc2)n1)c1ccc(S(C)(=O)=O)cc1. The van der Waals surface area contributed by atoms with Crippen molar-refractivity contribution >= 4 is 66.0 Å². The molecule has 0 fully saturated rings. The molecule has 0 amide bonds. The number of sulfone groups is 2. The Labute approximate surface area is 249 Å². The Bertz CT molecular complexity index is 1750. The van der Waals surface area contributed by atoms with Gasteiger partial charge in [0.2, 0.25) is 5.95 Å². The quantitative estimate of drug-likeness (QED) is 0.156. The molecule has 11 nitrogen and oxygen atoms in total. The fourth-order valence-corrected chi connectivity index (χ4v) is 4.96. The maximum absolute atomic E-state index is 11.8. The lowest BCUT2D eigenvalue weighted by Crippen LogP contribution is -2.07. The lowest BCUT2D eigenvalue weighted by Gasteiger charge is -2.11. The van der Waals surface area contributed by atoms with Crippen LogP contribution in [0, 0.1) is 0 Å². The van der Waals surface area contributed by atoms with E-state index in [-0.39, 0.29) is 15.7 Å². The van der Waals surface area contributed by atoms with Crippen molar-refractivity contribution in [1.82, 2.24) is 9.97 Å². The van der Waals surface area contributed by atoms with Gasteiger partial charge in [0.05, 0.1) is 21.2 Å². The van der Waals surface area contributed by atoms with Crippen molar-refractivity contribution in [2.75, 3.05) is 28.7 Å². The number of benzene rings is 3. The van der Waals surface area contributed by atoms with Crippen LogP contribution in [0.25, 0.3) is 0 Å². The smallest absolute Gasteiger partial charge is 0.231 e. The summed E-state index contributed by atoms with van der Waals surface area (Å²) in [5, 5.41) is 12.5. The van der Waals surface area contributed by atoms with Crippen molar-refractivity contribution in [3.63, 3.8) is 0 Å². The van der Waals surface area contributed by atoms with Gasteiger partial charge in [-0.25, -0.2) is 16.8 Å². The summed E-state index contributed by atoms with van der Waals surface area (Å²) in [6, 6.07) is 21.5. The fourth-order valence-electron chi connectivity index (χ4n) is 3.58. The van der Waals surface area contributed by atoms with Crippen LogP contribution in [0.2, 0.25) is 5.02 Å². The summed E-state index contributed by atoms with van der Waals surface area (Å²) in [4.78, 5) is 9.41. The molecule has 0 atom stereocenters. The molecule has 0 bridgehead atoms. The number of halogens is 1. The van der Waals surface area contributed by atoms with Gasteiger partial charge in [-0.05, 0) is 73.5 Å². The van der Waals surface area contributed by atoms with Crippen LogP contribution in [0.3, 0.4) is 0 Å². The number of aromatic nitrogens is 2. The fraction of sp³-hybridized carbons (Fsp3) is 0.143. The largest absolute Gasteiger partial charge is 0.324 e. The third-order valence-electron chi connectivity index (χ3n) is 5.90. The molecule has 218 valence electrons. The molecular weight excluding hydrogens is 598 g/mol. The topological polar surface area (TPSA) is 155 Å². The van der Waals surface area contributed by atoms with Crippen molar-refractivity contribution in [3.8, 4) is 0 Å². The van der Waals surface area contributed by atoms with Gasteiger partial charge in [0.15, 0.2) is 31.3 Å². The van der Waals surface area contributed by atoms with E-state index in [0.29, 0.717) is 33.8 Å². The number of rotatable bonds is 10. The molecule has 0 aliphatic carbocycles. The van der Waals surface area contributed by atoms with Gasteiger partial charge in [-0.1, -0.05) is 35.9 Å². The first-order valence-corrected chi connectivity index (χ1v) is 16.6. The molecule has 0 spiro atoms. The van der Waals surface area contributed by atoms with E-state index in [1.807, 2.05) is 0 Å². The van der Waals surface area contributed by atoms with E-state index in [4.69, 9.17) is 11.6 Å². The van der Waals surface area contributed by atoms with E-state index in [0.717, 1.165) is 23.6 Å². The standard InChI is InChI=1S/C28H28ClN7O4S2/c1-18(20-5-13-24(14-6-20)41(3,37)38)33-35-26-17-27(32-28(31-26)30-23-11-9-22(29)10-12-23)36-34-19(2)21-7-15-25(16-8-21)42(4,39)40/h5-17H,1-4H3,(H3,30,31,32,35,36). The normalized spacial score (nSPS) is 12.6. The van der Waals surface area contributed by atoms with E-state index in [9.17, 15) is 16.8 Å². The van der Waals surface area contributed by atoms with E-state index < -0.39 is 19.7 Å². The molecule has 14 heteroatoms. The van der Waals surface area contributed by atoms with Gasteiger partial charge in [-0.3, -0.25) is 10.9 Å². The molecule has 0 aliphatic heterocycles. The Hall–Kier alpha value is -4.33. The van der Waals surface area contributed by atoms with Crippen molar-refractivity contribution < 1.29 is 16.8 Å². The molecular formula is C28H28ClN7O4S2. The minimum atomic E-state index is -3.30. The Morgan fingerprint density at radius 3 is 1.45 bits per heavy atom. The molecule has 1 heterocycles. The summed E-state index contributed by atoms with van der Waals surface area (Å²) in [6.45, 7) is 3.55. The van der Waals surface area contributed by atoms with Crippen LogP contribution in [0.1, 0.15) is 25.0 Å². The first kappa shape index (κ1) is 30.6. The van der Waals surface area contributed by atoms with Gasteiger partial charge < -0.3 is 5.32 Å². The molecule has 42 heavy (non-hydrogen) atoms. The average Bonchev–Trinajstić information content (AvgIpc) is 2.95. The van der Waals surface area contributed by atoms with Gasteiger partial charge in [0.1, 0.15) is 0 Å². The van der Waals surface area contributed by atoms with Gasteiger partial charge >= 0.3 is 0 Å². The van der Waals surface area contributed by atoms with Crippen molar-refractivity contribution in [2.24, 2.45) is 10.2 Å². The second kappa shape index (κ2) is 12.7. The summed E-state index contributed by atoms with van der Waals surface area (Å²) >= 11 is 6.00. The van der Waals surface area contributed by atoms with Crippen molar-refractivity contribution in [1.29, 1.82) is 0 Å². The Balaban J connectivity index is 1.59. The zero-order valence-corrected chi connectivity index (χ0v) is 25.5. The average molecular weight is 626 g/mol. The molecule has 4 rings (SSSR count). The maximum atomic E-state index is 11.8. The molecule has 0 unspecified atom stereocenters. The van der Waals surface area contributed by atoms with Crippen molar-refractivity contribution in [3.05, 3.63) is 95.0 Å². The molecule has 3 N–H and O–H groups in total. The first-order chi connectivity index (χ1) is 19.8. The van der Waals surface area contributed by atoms with E-state index >= 15 is 0 Å². The molecule has 0 radical (unpaired) electrons. The van der Waals surface area contributed by atoms with E-state index in [2.05, 4.69) is 36.3 Å². The molecule has 3 aromatic carbocycles. The minimum Gasteiger partial charge on any atom is -0.324 e. The van der Waals surface area contributed by atoms with Gasteiger partial charge in [0.25, 0.3) is 0 Å². The molecule has 0 saturated heterocycles. The highest BCUT2D eigenvalue weighted by Gasteiger charge is 2.10. The van der Waals surface area contributed by atoms with Crippen LogP contribution in [-0.2, 0) is 19.7 Å². The molecule has 4 aromatic rings. The predicted molar refractivity (Wildman–Crippen MR) is 168 cm³/mol. The highest BCUT2D eigenvalue weighted by molar-refractivity contribution is 7.91. The predicted octanol–water partition coefficient (Wildman–Crippen LogP) is 5.35. The molecule has 0 aliphatic rings. The zero-order chi connectivity index (χ0) is 30.5. The second-order valence-electron chi connectivity index (χ2n) is 9.31. The van der Waals surface area contributed by atoms with Crippen LogP contribution in [-0.4, -0.2) is 50.7 Å². The minimum absolute atomic E-state index is 0.221. The van der Waals surface area contributed by atoms with E-state index in [1.165, 1.54) is 24.3 Å².